The molecule has 0 spiro atoms. The lowest BCUT2D eigenvalue weighted by molar-refractivity contribution is -0.137. The molecule has 6 heteroatoms. The Bertz CT molecular complexity index is 945. The number of benzene rings is 3. The van der Waals surface area contributed by atoms with Crippen LogP contribution in [0.15, 0.2) is 104 Å². The summed E-state index contributed by atoms with van der Waals surface area (Å²) < 4.78 is 12.8. The Balaban J connectivity index is 2.25. The average molecular weight is 460 g/mol. The Hall–Kier alpha value is -3.64. The predicted octanol–water partition coefficient (Wildman–Crippen LogP) is 3.23. The molecule has 0 unspecified atom stereocenters. The van der Waals surface area contributed by atoms with Crippen molar-refractivity contribution in [3.63, 3.8) is 0 Å². The van der Waals surface area contributed by atoms with E-state index in [1.54, 1.807) is 4.57 Å². The van der Waals surface area contributed by atoms with Crippen molar-refractivity contribution >= 4 is 35.9 Å². The first kappa shape index (κ1) is 24.0. The van der Waals surface area contributed by atoms with Crippen LogP contribution in [0.3, 0.4) is 0 Å². The zero-order valence-corrected chi connectivity index (χ0v) is 19.9. The summed E-state index contributed by atoms with van der Waals surface area (Å²) in [5.74, 6) is -0.525. The van der Waals surface area contributed by atoms with Crippen molar-refractivity contribution < 1.29 is 19.1 Å². The molecule has 3 aromatic rings. The SMILES string of the molecule is C=CC(=O)OCCN(C(=O)OCCC)[Si](c1ccccc1)(c1ccccc1)c1ccccc1. The molecule has 1 amide bonds. The molecule has 5 nitrogen and oxygen atoms in total. The molecule has 0 saturated carbocycles. The minimum Gasteiger partial charge on any atom is -0.461 e. The number of esters is 1. The van der Waals surface area contributed by atoms with E-state index in [1.807, 2.05) is 61.5 Å². The van der Waals surface area contributed by atoms with E-state index in [0.29, 0.717) is 13.0 Å². The summed E-state index contributed by atoms with van der Waals surface area (Å²) in [6, 6.07) is 30.1. The zero-order chi connectivity index (χ0) is 23.5. The highest BCUT2D eigenvalue weighted by molar-refractivity contribution is 7.10. The van der Waals surface area contributed by atoms with Gasteiger partial charge in [0.1, 0.15) is 6.61 Å². The second kappa shape index (κ2) is 11.8. The highest BCUT2D eigenvalue weighted by Crippen LogP contribution is 2.15. The fraction of sp³-hybridized carbons (Fsp3) is 0.185. The van der Waals surface area contributed by atoms with Crippen LogP contribution in [-0.2, 0) is 14.3 Å². The van der Waals surface area contributed by atoms with Crippen LogP contribution >= 0.6 is 0 Å². The lowest BCUT2D eigenvalue weighted by Crippen LogP contribution is -2.78. The maximum absolute atomic E-state index is 13.6. The van der Waals surface area contributed by atoms with Crippen molar-refractivity contribution in [2.75, 3.05) is 19.8 Å². The minimum atomic E-state index is -3.11. The first-order chi connectivity index (χ1) is 16.1. The summed E-state index contributed by atoms with van der Waals surface area (Å²) in [7, 11) is -3.11. The summed E-state index contributed by atoms with van der Waals surface area (Å²) in [4.78, 5) is 25.3. The second-order valence-electron chi connectivity index (χ2n) is 7.45. The number of hydrogen-bond donors (Lipinski definition) is 0. The standard InChI is InChI=1S/C27H29NO4Si/c1-3-21-32-27(30)28(20-22-31-26(29)4-2)33(23-14-8-5-9-15-23,24-16-10-6-11-17-24)25-18-12-7-13-19-25/h4-19H,2-3,20-22H2,1H3. The van der Waals surface area contributed by atoms with Gasteiger partial charge in [-0.1, -0.05) is 104 Å². The first-order valence-electron chi connectivity index (χ1n) is 11.0. The van der Waals surface area contributed by atoms with Gasteiger partial charge in [-0.15, -0.1) is 0 Å². The number of amides is 1. The number of carbonyl (C=O) groups is 2. The van der Waals surface area contributed by atoms with Crippen LogP contribution in [0.4, 0.5) is 4.79 Å². The van der Waals surface area contributed by atoms with Gasteiger partial charge >= 0.3 is 12.1 Å². The molecule has 0 bridgehead atoms. The van der Waals surface area contributed by atoms with Gasteiger partial charge in [0.2, 0.25) is 0 Å². The number of nitrogens with zero attached hydrogens (tertiary/aromatic N) is 1. The molecule has 0 fully saturated rings. The van der Waals surface area contributed by atoms with Crippen molar-refractivity contribution in [2.24, 2.45) is 0 Å². The molecule has 33 heavy (non-hydrogen) atoms. The van der Waals surface area contributed by atoms with Crippen LogP contribution < -0.4 is 15.6 Å². The fourth-order valence-corrected chi connectivity index (χ4v) is 8.69. The third-order valence-electron chi connectivity index (χ3n) is 5.36. The van der Waals surface area contributed by atoms with Gasteiger partial charge in [-0.3, -0.25) is 0 Å². The summed E-state index contributed by atoms with van der Waals surface area (Å²) >= 11 is 0. The van der Waals surface area contributed by atoms with E-state index < -0.39 is 20.3 Å². The van der Waals surface area contributed by atoms with Gasteiger partial charge in [-0.05, 0) is 22.0 Å². The monoisotopic (exact) mass is 459 g/mol. The van der Waals surface area contributed by atoms with E-state index in [2.05, 4.69) is 43.0 Å². The maximum atomic E-state index is 13.6. The molecule has 0 atom stereocenters. The molecule has 0 aromatic heterocycles. The molecule has 3 aromatic carbocycles. The highest BCUT2D eigenvalue weighted by Gasteiger charge is 2.48. The smallest absolute Gasteiger partial charge is 0.402 e. The van der Waals surface area contributed by atoms with Gasteiger partial charge < -0.3 is 14.0 Å². The molecule has 0 N–H and O–H groups in total. The topological polar surface area (TPSA) is 55.8 Å². The Morgan fingerprint density at radius 1 is 0.788 bits per heavy atom. The van der Waals surface area contributed by atoms with E-state index in [4.69, 9.17) is 9.47 Å². The lowest BCUT2D eigenvalue weighted by Gasteiger charge is -2.42. The first-order valence-corrected chi connectivity index (χ1v) is 13.0. The van der Waals surface area contributed by atoms with E-state index >= 15 is 0 Å². The van der Waals surface area contributed by atoms with E-state index in [9.17, 15) is 9.59 Å². The second-order valence-corrected chi connectivity index (χ2v) is 11.1. The summed E-state index contributed by atoms with van der Waals surface area (Å²) in [6.45, 7) is 5.95. The molecule has 0 aliphatic rings. The number of rotatable bonds is 10. The molecule has 0 aliphatic carbocycles. The van der Waals surface area contributed by atoms with Gasteiger partial charge in [0.15, 0.2) is 0 Å². The van der Waals surface area contributed by atoms with Crippen LogP contribution in [0.2, 0.25) is 0 Å². The van der Waals surface area contributed by atoms with Gasteiger partial charge in [-0.25, -0.2) is 9.59 Å². The molecular formula is C27H29NO4Si. The predicted molar refractivity (Wildman–Crippen MR) is 133 cm³/mol. The fourth-order valence-electron chi connectivity index (χ4n) is 3.97. The third-order valence-corrected chi connectivity index (χ3v) is 10.1. The quantitative estimate of drug-likeness (QED) is 0.202. The lowest BCUT2D eigenvalue weighted by atomic mass is 10.3. The summed E-state index contributed by atoms with van der Waals surface area (Å²) in [5.41, 5.74) is 0. The van der Waals surface area contributed by atoms with E-state index in [1.165, 1.54) is 0 Å². The van der Waals surface area contributed by atoms with Crippen LogP contribution in [0.1, 0.15) is 13.3 Å². The van der Waals surface area contributed by atoms with Crippen molar-refractivity contribution in [1.82, 2.24) is 4.57 Å². The molecule has 0 aliphatic heterocycles. The Labute approximate surface area is 196 Å². The van der Waals surface area contributed by atoms with E-state index in [-0.39, 0.29) is 13.2 Å². The normalized spacial score (nSPS) is 10.8. The van der Waals surface area contributed by atoms with Crippen LogP contribution in [-0.4, -0.2) is 44.6 Å². The molecule has 170 valence electrons. The number of carbonyl (C=O) groups excluding carboxylic acids is 2. The Morgan fingerprint density at radius 3 is 1.64 bits per heavy atom. The van der Waals surface area contributed by atoms with Crippen molar-refractivity contribution in [3.8, 4) is 0 Å². The zero-order valence-electron chi connectivity index (χ0n) is 18.9. The number of ether oxygens (including phenoxy) is 2. The van der Waals surface area contributed by atoms with Crippen LogP contribution in [0.25, 0.3) is 0 Å². The Morgan fingerprint density at radius 2 is 1.24 bits per heavy atom. The largest absolute Gasteiger partial charge is 0.461 e. The molecule has 0 radical (unpaired) electrons. The molecular weight excluding hydrogens is 430 g/mol. The summed E-state index contributed by atoms with van der Waals surface area (Å²) in [5, 5.41) is 3.10. The maximum Gasteiger partial charge on any atom is 0.402 e. The average Bonchev–Trinajstić information content (AvgIpc) is 2.88. The van der Waals surface area contributed by atoms with Crippen LogP contribution in [0.5, 0.6) is 0 Å². The van der Waals surface area contributed by atoms with Gasteiger partial charge in [0.05, 0.1) is 13.2 Å². The third kappa shape index (κ3) is 5.41. The summed E-state index contributed by atoms with van der Waals surface area (Å²) in [6.07, 6.45) is 1.41. The van der Waals surface area contributed by atoms with Gasteiger partial charge in [0, 0.05) is 6.08 Å². The molecule has 0 saturated heterocycles. The van der Waals surface area contributed by atoms with Crippen molar-refractivity contribution in [1.29, 1.82) is 0 Å². The molecule has 3 rings (SSSR count). The van der Waals surface area contributed by atoms with Crippen molar-refractivity contribution in [2.45, 2.75) is 13.3 Å². The van der Waals surface area contributed by atoms with Crippen molar-refractivity contribution in [3.05, 3.63) is 104 Å². The van der Waals surface area contributed by atoms with Crippen LogP contribution in [0, 0.1) is 0 Å². The number of hydrogen-bond acceptors (Lipinski definition) is 4. The van der Waals surface area contributed by atoms with Gasteiger partial charge in [-0.2, -0.15) is 0 Å². The highest BCUT2D eigenvalue weighted by atomic mass is 28.3. The van der Waals surface area contributed by atoms with Gasteiger partial charge in [0.25, 0.3) is 8.24 Å². The Kier molecular flexibility index (Phi) is 8.61. The molecule has 0 heterocycles. The van der Waals surface area contributed by atoms with E-state index in [0.717, 1.165) is 21.6 Å². The minimum absolute atomic E-state index is 0.0350.